The maximum atomic E-state index is 13.1. The fourth-order valence-electron chi connectivity index (χ4n) is 2.13. The number of rotatable bonds is 3. The third-order valence-corrected chi connectivity index (χ3v) is 3.30. The van der Waals surface area contributed by atoms with E-state index in [0.717, 1.165) is 11.8 Å². The van der Waals surface area contributed by atoms with Crippen molar-refractivity contribution in [2.75, 3.05) is 0 Å². The molecular weight excluding hydrogens is 376 g/mol. The number of phenolic OH excluding ortho intramolecular Hbond substituents is 1. The number of alkyl halides is 3. The van der Waals surface area contributed by atoms with E-state index in [2.05, 4.69) is 10.3 Å². The lowest BCUT2D eigenvalue weighted by atomic mass is 9.98. The molecule has 0 atom stereocenters. The molecule has 25 heavy (non-hydrogen) atoms. The van der Waals surface area contributed by atoms with Crippen molar-refractivity contribution in [2.45, 2.75) is 39.0 Å². The minimum absolute atomic E-state index is 0. The van der Waals surface area contributed by atoms with Crippen LogP contribution in [0.25, 0.3) is 11.1 Å². The van der Waals surface area contributed by atoms with Gasteiger partial charge in [0.05, 0.1) is 5.56 Å². The number of nitrogens with zero attached hydrogens (tertiary/aromatic N) is 1. The summed E-state index contributed by atoms with van der Waals surface area (Å²) in [6.07, 6.45) is -2.48. The summed E-state index contributed by atoms with van der Waals surface area (Å²) in [5, 5.41) is 13.3. The summed E-state index contributed by atoms with van der Waals surface area (Å²) in [6, 6.07) is 5.93. The molecule has 0 spiro atoms. The van der Waals surface area contributed by atoms with Gasteiger partial charge in [-0.05, 0) is 44.5 Å². The van der Waals surface area contributed by atoms with E-state index < -0.39 is 11.7 Å². The van der Waals surface area contributed by atoms with Crippen LogP contribution in [-0.2, 0) is 12.7 Å². The van der Waals surface area contributed by atoms with Gasteiger partial charge in [-0.25, -0.2) is 0 Å². The van der Waals surface area contributed by atoms with E-state index in [-0.39, 0.29) is 47.2 Å². The lowest BCUT2D eigenvalue weighted by Crippen LogP contribution is -2.35. The van der Waals surface area contributed by atoms with Crippen LogP contribution in [0.3, 0.4) is 0 Å². The fourth-order valence-corrected chi connectivity index (χ4v) is 2.13. The van der Waals surface area contributed by atoms with Crippen molar-refractivity contribution in [2.24, 2.45) is 0 Å². The van der Waals surface area contributed by atoms with Crippen molar-refractivity contribution in [3.8, 4) is 16.9 Å². The summed E-state index contributed by atoms with van der Waals surface area (Å²) in [6.45, 7) is 6.49. The van der Waals surface area contributed by atoms with Gasteiger partial charge in [-0.1, -0.05) is 6.07 Å². The minimum atomic E-state index is -4.53. The van der Waals surface area contributed by atoms with Gasteiger partial charge in [0.2, 0.25) is 0 Å². The molecule has 2 rings (SSSR count). The van der Waals surface area contributed by atoms with Crippen LogP contribution in [0.1, 0.15) is 31.9 Å². The Balaban J connectivity index is 0.00000288. The Morgan fingerprint density at radius 1 is 1.04 bits per heavy atom. The summed E-state index contributed by atoms with van der Waals surface area (Å²) in [5.74, 6) is -0.193. The van der Waals surface area contributed by atoms with Gasteiger partial charge >= 0.3 is 6.18 Å². The molecule has 3 nitrogen and oxygen atoms in total. The largest absolute Gasteiger partial charge is 0.507 e. The van der Waals surface area contributed by atoms with Gasteiger partial charge in [-0.15, -0.1) is 24.8 Å². The molecule has 0 unspecified atom stereocenters. The first kappa shape index (κ1) is 23.5. The van der Waals surface area contributed by atoms with E-state index in [1.807, 2.05) is 20.8 Å². The smallest absolute Gasteiger partial charge is 0.418 e. The first-order valence-corrected chi connectivity index (χ1v) is 7.16. The third kappa shape index (κ3) is 6.38. The zero-order chi connectivity index (χ0) is 17.3. The highest BCUT2D eigenvalue weighted by Gasteiger charge is 2.34. The van der Waals surface area contributed by atoms with Crippen LogP contribution >= 0.6 is 24.8 Å². The molecule has 140 valence electrons. The number of aromatic nitrogens is 1. The fraction of sp³-hybridized carbons (Fsp3) is 0.353. The van der Waals surface area contributed by atoms with Gasteiger partial charge in [-0.3, -0.25) is 4.98 Å². The van der Waals surface area contributed by atoms with E-state index in [9.17, 15) is 18.3 Å². The van der Waals surface area contributed by atoms with Crippen molar-refractivity contribution in [3.63, 3.8) is 0 Å². The van der Waals surface area contributed by atoms with Crippen LogP contribution < -0.4 is 5.32 Å². The predicted molar refractivity (Wildman–Crippen MR) is 97.4 cm³/mol. The van der Waals surface area contributed by atoms with Crippen molar-refractivity contribution >= 4 is 24.8 Å². The van der Waals surface area contributed by atoms with Crippen LogP contribution in [0.2, 0.25) is 0 Å². The summed E-state index contributed by atoms with van der Waals surface area (Å²) in [4.78, 5) is 3.54. The van der Waals surface area contributed by atoms with Crippen molar-refractivity contribution in [1.29, 1.82) is 0 Å². The Kier molecular flexibility index (Phi) is 8.21. The SMILES string of the molecule is CC(C)(C)NCc1ccc(O)c(-c2ccncc2C(F)(F)F)c1.Cl.Cl. The Hall–Kier alpha value is -1.50. The highest BCUT2D eigenvalue weighted by Crippen LogP contribution is 2.39. The Morgan fingerprint density at radius 3 is 2.24 bits per heavy atom. The number of aromatic hydroxyl groups is 1. The molecule has 1 aromatic carbocycles. The predicted octanol–water partition coefficient (Wildman–Crippen LogP) is 5.20. The summed E-state index contributed by atoms with van der Waals surface area (Å²) < 4.78 is 39.4. The number of pyridine rings is 1. The molecule has 0 saturated heterocycles. The van der Waals surface area contributed by atoms with Crippen LogP contribution in [-0.4, -0.2) is 15.6 Å². The van der Waals surface area contributed by atoms with Gasteiger partial charge in [0.1, 0.15) is 5.75 Å². The van der Waals surface area contributed by atoms with Crippen molar-refractivity contribution in [3.05, 3.63) is 47.8 Å². The molecule has 0 bridgehead atoms. The number of benzene rings is 1. The third-order valence-electron chi connectivity index (χ3n) is 3.30. The number of phenols is 1. The monoisotopic (exact) mass is 396 g/mol. The molecule has 0 aliphatic heterocycles. The van der Waals surface area contributed by atoms with Gasteiger partial charge in [-0.2, -0.15) is 13.2 Å². The normalized spacial score (nSPS) is 11.4. The Bertz CT molecular complexity index is 701. The van der Waals surface area contributed by atoms with Gasteiger partial charge in [0.15, 0.2) is 0 Å². The van der Waals surface area contributed by atoms with Crippen LogP contribution in [0.15, 0.2) is 36.7 Å². The van der Waals surface area contributed by atoms with Crippen molar-refractivity contribution in [1.82, 2.24) is 10.3 Å². The molecule has 0 amide bonds. The second kappa shape index (κ2) is 8.74. The van der Waals surface area contributed by atoms with E-state index in [4.69, 9.17) is 0 Å². The zero-order valence-electron chi connectivity index (χ0n) is 14.0. The molecule has 0 saturated carbocycles. The number of halogens is 5. The summed E-state index contributed by atoms with van der Waals surface area (Å²) >= 11 is 0. The Morgan fingerprint density at radius 2 is 1.68 bits per heavy atom. The second-order valence-electron chi connectivity index (χ2n) is 6.37. The quantitative estimate of drug-likeness (QED) is 0.748. The van der Waals surface area contributed by atoms with Crippen LogP contribution in [0.4, 0.5) is 13.2 Å². The maximum absolute atomic E-state index is 13.1. The molecule has 0 fully saturated rings. The van der Waals surface area contributed by atoms with Gasteiger partial charge in [0, 0.05) is 35.6 Å². The minimum Gasteiger partial charge on any atom is -0.507 e. The maximum Gasteiger partial charge on any atom is 0.418 e. The molecular formula is C17H21Cl2F3N2O. The number of nitrogens with one attached hydrogen (secondary N) is 1. The van der Waals surface area contributed by atoms with Crippen LogP contribution in [0, 0.1) is 0 Å². The first-order valence-electron chi connectivity index (χ1n) is 7.16. The molecule has 0 aliphatic carbocycles. The number of hydrogen-bond donors (Lipinski definition) is 2. The summed E-state index contributed by atoms with van der Waals surface area (Å²) in [7, 11) is 0. The lowest BCUT2D eigenvalue weighted by Gasteiger charge is -2.21. The topological polar surface area (TPSA) is 45.1 Å². The zero-order valence-corrected chi connectivity index (χ0v) is 15.6. The number of hydrogen-bond acceptors (Lipinski definition) is 3. The lowest BCUT2D eigenvalue weighted by molar-refractivity contribution is -0.137. The van der Waals surface area contributed by atoms with Crippen LogP contribution in [0.5, 0.6) is 5.75 Å². The molecule has 1 aromatic heterocycles. The second-order valence-corrected chi connectivity index (χ2v) is 6.37. The molecule has 1 heterocycles. The van der Waals surface area contributed by atoms with E-state index >= 15 is 0 Å². The van der Waals surface area contributed by atoms with E-state index in [1.165, 1.54) is 18.3 Å². The van der Waals surface area contributed by atoms with E-state index in [0.29, 0.717) is 6.54 Å². The first-order chi connectivity index (χ1) is 10.6. The molecule has 8 heteroatoms. The average Bonchev–Trinajstić information content (AvgIpc) is 2.45. The molecule has 0 aliphatic rings. The van der Waals surface area contributed by atoms with Gasteiger partial charge in [0.25, 0.3) is 0 Å². The highest BCUT2D eigenvalue weighted by molar-refractivity contribution is 5.85. The van der Waals surface area contributed by atoms with E-state index in [1.54, 1.807) is 12.1 Å². The standard InChI is InChI=1S/C17H19F3N2O.2ClH/c1-16(2,3)22-9-11-4-5-15(23)13(8-11)12-6-7-21-10-14(12)17(18,19)20;;/h4-8,10,22-23H,9H2,1-3H3;2*1H. The average molecular weight is 397 g/mol. The highest BCUT2D eigenvalue weighted by atomic mass is 35.5. The molecule has 2 aromatic rings. The van der Waals surface area contributed by atoms with Crippen molar-refractivity contribution < 1.29 is 18.3 Å². The Labute approximate surface area is 157 Å². The molecule has 2 N–H and O–H groups in total. The molecule has 0 radical (unpaired) electrons. The van der Waals surface area contributed by atoms with Gasteiger partial charge < -0.3 is 10.4 Å². The summed E-state index contributed by atoms with van der Waals surface area (Å²) in [5.41, 5.74) is -0.129.